The standard InChI is InChI=1S/C12H16F3N.C12H12F3N.C8H5NO/c2*1-9(12(13,14)15)2-3-10-4-6-11(8-16)7-5-10;9-5-7-1-3-8(6-10)4-2-7/h4-7,9H,2-3,8,16H2,1H3;4-7,9H,2-3H2,1H3;1-4,6H/t2*9-;/m00./s1. The van der Waals surface area contributed by atoms with Gasteiger partial charge in [-0.15, -0.1) is 0 Å². The van der Waals surface area contributed by atoms with E-state index in [4.69, 9.17) is 16.3 Å². The highest BCUT2D eigenvalue weighted by Gasteiger charge is 2.35. The number of nitriles is 2. The summed E-state index contributed by atoms with van der Waals surface area (Å²) in [6.07, 6.45) is -6.41. The number of benzene rings is 3. The zero-order chi connectivity index (χ0) is 31.8. The molecule has 0 aliphatic rings. The summed E-state index contributed by atoms with van der Waals surface area (Å²) in [5, 5.41) is 16.9. The van der Waals surface area contributed by atoms with Gasteiger partial charge in [0, 0.05) is 12.1 Å². The van der Waals surface area contributed by atoms with Gasteiger partial charge in [-0.05, 0) is 66.6 Å². The summed E-state index contributed by atoms with van der Waals surface area (Å²) >= 11 is 0. The highest BCUT2D eigenvalue weighted by atomic mass is 19.4. The molecule has 0 aliphatic heterocycles. The highest BCUT2D eigenvalue weighted by molar-refractivity contribution is 5.74. The molecule has 3 rings (SSSR count). The summed E-state index contributed by atoms with van der Waals surface area (Å²) in [4.78, 5) is 10.1. The lowest BCUT2D eigenvalue weighted by molar-refractivity contribution is -0.171. The van der Waals surface area contributed by atoms with E-state index in [1.54, 1.807) is 48.5 Å². The molecule has 0 radical (unpaired) electrons. The molecule has 2 N–H and O–H groups in total. The Morgan fingerprint density at radius 3 is 1.31 bits per heavy atom. The lowest BCUT2D eigenvalue weighted by Gasteiger charge is -2.15. The summed E-state index contributed by atoms with van der Waals surface area (Å²) in [5.41, 5.74) is 9.87. The number of alkyl halides is 6. The van der Waals surface area contributed by atoms with Crippen LogP contribution in [0.3, 0.4) is 0 Å². The molecular weight excluding hydrogens is 556 g/mol. The molecule has 4 nitrogen and oxygen atoms in total. The minimum Gasteiger partial charge on any atom is -0.326 e. The number of carbonyl (C=O) groups excluding carboxylic acids is 1. The molecule has 0 bridgehead atoms. The van der Waals surface area contributed by atoms with E-state index in [2.05, 4.69) is 0 Å². The fraction of sp³-hybridized carbons (Fsp3) is 0.344. The quantitative estimate of drug-likeness (QED) is 0.211. The van der Waals surface area contributed by atoms with E-state index >= 15 is 0 Å². The maximum atomic E-state index is 12.3. The van der Waals surface area contributed by atoms with Gasteiger partial charge in [-0.25, -0.2) is 0 Å². The van der Waals surface area contributed by atoms with Crippen molar-refractivity contribution in [3.63, 3.8) is 0 Å². The number of nitrogens with zero attached hydrogens (tertiary/aromatic N) is 2. The molecule has 0 saturated heterocycles. The Hall–Kier alpha value is -4.15. The van der Waals surface area contributed by atoms with Crippen molar-refractivity contribution >= 4 is 6.29 Å². The van der Waals surface area contributed by atoms with Gasteiger partial charge in [0.05, 0.1) is 35.1 Å². The minimum atomic E-state index is -4.12. The van der Waals surface area contributed by atoms with E-state index in [9.17, 15) is 31.1 Å². The third-order valence-electron chi connectivity index (χ3n) is 6.37. The molecule has 0 amide bonds. The van der Waals surface area contributed by atoms with Crippen LogP contribution in [0.2, 0.25) is 0 Å². The number of halogens is 6. The maximum Gasteiger partial charge on any atom is 0.391 e. The van der Waals surface area contributed by atoms with E-state index in [0.717, 1.165) is 23.0 Å². The Bertz CT molecular complexity index is 1290. The average molecular weight is 590 g/mol. The van der Waals surface area contributed by atoms with Gasteiger partial charge in [0.25, 0.3) is 0 Å². The molecule has 0 heterocycles. The van der Waals surface area contributed by atoms with Gasteiger partial charge < -0.3 is 5.73 Å². The lowest BCUT2D eigenvalue weighted by Crippen LogP contribution is -2.20. The summed E-state index contributed by atoms with van der Waals surface area (Å²) in [6.45, 7) is 2.86. The fourth-order valence-corrected chi connectivity index (χ4v) is 3.32. The van der Waals surface area contributed by atoms with Crippen LogP contribution >= 0.6 is 0 Å². The van der Waals surface area contributed by atoms with Crippen LogP contribution in [-0.4, -0.2) is 18.6 Å². The van der Waals surface area contributed by atoms with Gasteiger partial charge in [0.1, 0.15) is 6.29 Å². The first-order valence-corrected chi connectivity index (χ1v) is 13.1. The number of nitrogens with two attached hydrogens (primary N) is 1. The molecule has 0 spiro atoms. The summed E-state index contributed by atoms with van der Waals surface area (Å²) in [5.74, 6) is -2.54. The Kier molecular flexibility index (Phi) is 15.0. The van der Waals surface area contributed by atoms with Crippen LogP contribution in [0.5, 0.6) is 0 Å². The van der Waals surface area contributed by atoms with Gasteiger partial charge in [-0.3, -0.25) is 4.79 Å². The number of aldehydes is 1. The minimum absolute atomic E-state index is 0.0788. The number of rotatable bonds is 8. The van der Waals surface area contributed by atoms with E-state index < -0.39 is 24.2 Å². The van der Waals surface area contributed by atoms with E-state index in [0.29, 0.717) is 36.1 Å². The molecule has 0 aromatic heterocycles. The van der Waals surface area contributed by atoms with Gasteiger partial charge in [0.2, 0.25) is 0 Å². The second kappa shape index (κ2) is 17.6. The van der Waals surface area contributed by atoms with E-state index in [1.807, 2.05) is 36.4 Å². The van der Waals surface area contributed by atoms with Crippen LogP contribution in [0, 0.1) is 34.5 Å². The lowest BCUT2D eigenvalue weighted by atomic mass is 10.00. The molecule has 42 heavy (non-hydrogen) atoms. The van der Waals surface area contributed by atoms with Crippen LogP contribution in [0.1, 0.15) is 64.9 Å². The first-order chi connectivity index (χ1) is 19.7. The van der Waals surface area contributed by atoms with Gasteiger partial charge in [0.15, 0.2) is 0 Å². The van der Waals surface area contributed by atoms with E-state index in [1.165, 1.54) is 13.8 Å². The third-order valence-corrected chi connectivity index (χ3v) is 6.37. The monoisotopic (exact) mass is 589 g/mol. The van der Waals surface area contributed by atoms with Gasteiger partial charge in [-0.2, -0.15) is 36.9 Å². The van der Waals surface area contributed by atoms with Crippen molar-refractivity contribution in [2.75, 3.05) is 0 Å². The molecule has 0 saturated carbocycles. The summed E-state index contributed by atoms with van der Waals surface area (Å²) < 4.78 is 73.4. The van der Waals surface area contributed by atoms with Crippen LogP contribution < -0.4 is 5.73 Å². The molecule has 224 valence electrons. The SMILES string of the molecule is C[C@@H](CCc1ccc(C#N)cc1)C(F)(F)F.C[C@@H](CCc1ccc(CN)cc1)C(F)(F)F.N#Cc1ccc(C=O)cc1. The van der Waals surface area contributed by atoms with Crippen LogP contribution in [0.25, 0.3) is 0 Å². The zero-order valence-corrected chi connectivity index (χ0v) is 23.3. The molecule has 3 aromatic carbocycles. The Balaban J connectivity index is 0.000000324. The Labute approximate surface area is 242 Å². The van der Waals surface area contributed by atoms with Crippen molar-refractivity contribution in [2.24, 2.45) is 17.6 Å². The maximum absolute atomic E-state index is 12.3. The van der Waals surface area contributed by atoms with Gasteiger partial charge >= 0.3 is 12.4 Å². The second-order valence-electron chi connectivity index (χ2n) is 9.64. The first kappa shape index (κ1) is 35.9. The molecule has 0 fully saturated rings. The largest absolute Gasteiger partial charge is 0.391 e. The number of hydrogen-bond donors (Lipinski definition) is 1. The second-order valence-corrected chi connectivity index (χ2v) is 9.64. The van der Waals surface area contributed by atoms with Crippen molar-refractivity contribution in [3.05, 3.63) is 106 Å². The highest BCUT2D eigenvalue weighted by Crippen LogP contribution is 2.30. The topological polar surface area (TPSA) is 90.7 Å². The predicted molar refractivity (Wildman–Crippen MR) is 149 cm³/mol. The Morgan fingerprint density at radius 2 is 1.00 bits per heavy atom. The van der Waals surface area contributed by atoms with Gasteiger partial charge in [-0.1, -0.05) is 62.4 Å². The smallest absolute Gasteiger partial charge is 0.326 e. The van der Waals surface area contributed by atoms with Crippen LogP contribution in [-0.2, 0) is 19.4 Å². The Morgan fingerprint density at radius 1 is 0.667 bits per heavy atom. The summed E-state index contributed by atoms with van der Waals surface area (Å²) in [6, 6.07) is 24.4. The molecule has 10 heteroatoms. The molecular formula is C32H33F6N3O. The normalized spacial score (nSPS) is 12.3. The number of aryl methyl sites for hydroxylation is 2. The van der Waals surface area contributed by atoms with Crippen molar-refractivity contribution < 1.29 is 31.1 Å². The molecule has 0 unspecified atom stereocenters. The van der Waals surface area contributed by atoms with Crippen LogP contribution in [0.4, 0.5) is 26.3 Å². The molecule has 2 atom stereocenters. The predicted octanol–water partition coefficient (Wildman–Crippen LogP) is 8.34. The number of carbonyl (C=O) groups is 1. The zero-order valence-electron chi connectivity index (χ0n) is 23.3. The third kappa shape index (κ3) is 14.0. The first-order valence-electron chi connectivity index (χ1n) is 13.1. The fourth-order valence-electron chi connectivity index (χ4n) is 3.32. The van der Waals surface area contributed by atoms with E-state index in [-0.39, 0.29) is 12.8 Å². The summed E-state index contributed by atoms with van der Waals surface area (Å²) in [7, 11) is 0. The molecule has 0 aliphatic carbocycles. The average Bonchev–Trinajstić information content (AvgIpc) is 2.98. The van der Waals surface area contributed by atoms with Crippen molar-refractivity contribution in [3.8, 4) is 12.1 Å². The van der Waals surface area contributed by atoms with Crippen molar-refractivity contribution in [2.45, 2.75) is 58.4 Å². The number of hydrogen-bond acceptors (Lipinski definition) is 4. The van der Waals surface area contributed by atoms with Crippen LogP contribution in [0.15, 0.2) is 72.8 Å². The van der Waals surface area contributed by atoms with Crippen molar-refractivity contribution in [1.82, 2.24) is 0 Å². The molecule has 3 aromatic rings. The van der Waals surface area contributed by atoms with Crippen molar-refractivity contribution in [1.29, 1.82) is 10.5 Å².